The van der Waals surface area contributed by atoms with Gasteiger partial charge >= 0.3 is 0 Å². The maximum Gasteiger partial charge on any atom is 0.247 e. The van der Waals surface area contributed by atoms with Crippen LogP contribution in [-0.2, 0) is 42.6 Å². The summed E-state index contributed by atoms with van der Waals surface area (Å²) in [5.41, 5.74) is 7.93. The molecule has 3 aromatic carbocycles. The molecule has 45 heavy (non-hydrogen) atoms. The average molecular weight is 600 g/mol. The number of amides is 2. The zero-order valence-electron chi connectivity index (χ0n) is 25.9. The van der Waals surface area contributed by atoms with Crippen LogP contribution in [0.25, 0.3) is 17.4 Å². The number of benzene rings is 3. The second-order valence-electron chi connectivity index (χ2n) is 11.6. The van der Waals surface area contributed by atoms with E-state index in [0.29, 0.717) is 25.3 Å². The van der Waals surface area contributed by atoms with Crippen molar-refractivity contribution in [3.8, 4) is 11.3 Å². The Morgan fingerprint density at radius 1 is 0.956 bits per heavy atom. The van der Waals surface area contributed by atoms with Gasteiger partial charge in [0.25, 0.3) is 0 Å². The summed E-state index contributed by atoms with van der Waals surface area (Å²) in [6, 6.07) is 25.3. The van der Waals surface area contributed by atoms with Crippen LogP contribution in [-0.4, -0.2) is 49.0 Å². The molecule has 1 aliphatic heterocycles. The first-order valence-electron chi connectivity index (χ1n) is 15.2. The van der Waals surface area contributed by atoms with Crippen LogP contribution in [0.5, 0.6) is 0 Å². The fraction of sp³-hybridized carbons (Fsp3) is 0.243. The fourth-order valence-electron chi connectivity index (χ4n) is 6.02. The molecule has 0 saturated heterocycles. The molecule has 0 bridgehead atoms. The molecular formula is C37H37N5O3. The van der Waals surface area contributed by atoms with E-state index in [0.717, 1.165) is 45.6 Å². The van der Waals surface area contributed by atoms with Crippen molar-refractivity contribution < 1.29 is 14.0 Å². The van der Waals surface area contributed by atoms with E-state index in [2.05, 4.69) is 22.2 Å². The van der Waals surface area contributed by atoms with Crippen LogP contribution in [0.2, 0.25) is 0 Å². The summed E-state index contributed by atoms with van der Waals surface area (Å²) >= 11 is 0. The Kier molecular flexibility index (Phi) is 8.73. The molecule has 6 rings (SSSR count). The van der Waals surface area contributed by atoms with Crippen molar-refractivity contribution >= 4 is 17.9 Å². The number of carbonyl (C=O) groups excluding carboxylic acids is 2. The molecule has 0 unspecified atom stereocenters. The van der Waals surface area contributed by atoms with E-state index >= 15 is 0 Å². The number of nitrogens with zero attached hydrogens (tertiary/aromatic N) is 5. The number of fused-ring (bicyclic) bond motifs is 1. The van der Waals surface area contributed by atoms with Crippen molar-refractivity contribution in [2.75, 3.05) is 6.54 Å². The second kappa shape index (κ2) is 13.2. The van der Waals surface area contributed by atoms with Crippen LogP contribution in [0.4, 0.5) is 0 Å². The second-order valence-corrected chi connectivity index (χ2v) is 11.6. The number of carbonyl (C=O) groups is 2. The molecule has 3 heterocycles. The molecule has 0 saturated carbocycles. The van der Waals surface area contributed by atoms with E-state index in [9.17, 15) is 9.59 Å². The first-order valence-corrected chi connectivity index (χ1v) is 15.2. The van der Waals surface area contributed by atoms with Gasteiger partial charge in [-0.3, -0.25) is 14.3 Å². The third-order valence-corrected chi connectivity index (χ3v) is 8.64. The fourth-order valence-corrected chi connectivity index (χ4v) is 6.02. The number of rotatable bonds is 9. The summed E-state index contributed by atoms with van der Waals surface area (Å²) in [5.74, 6) is 0.382. The summed E-state index contributed by atoms with van der Waals surface area (Å²) in [6.07, 6.45) is 7.66. The summed E-state index contributed by atoms with van der Waals surface area (Å²) in [7, 11) is 1.89. The predicted molar refractivity (Wildman–Crippen MR) is 174 cm³/mol. The first-order chi connectivity index (χ1) is 21.9. The highest BCUT2D eigenvalue weighted by Gasteiger charge is 2.34. The van der Waals surface area contributed by atoms with E-state index in [1.54, 1.807) is 17.2 Å². The third kappa shape index (κ3) is 6.65. The molecule has 0 aliphatic carbocycles. The molecule has 2 aromatic heterocycles. The van der Waals surface area contributed by atoms with E-state index in [-0.39, 0.29) is 18.4 Å². The van der Waals surface area contributed by atoms with Crippen molar-refractivity contribution in [1.29, 1.82) is 0 Å². The smallest absolute Gasteiger partial charge is 0.247 e. The Bertz CT molecular complexity index is 1810. The maximum atomic E-state index is 14.5. The Labute approximate surface area is 263 Å². The van der Waals surface area contributed by atoms with Crippen LogP contribution in [0, 0.1) is 13.8 Å². The number of hydrogen-bond donors (Lipinski definition) is 0. The molecule has 0 radical (unpaired) electrons. The molecule has 0 N–H and O–H groups in total. The van der Waals surface area contributed by atoms with Gasteiger partial charge in [0.1, 0.15) is 6.04 Å². The molecule has 1 atom stereocenters. The summed E-state index contributed by atoms with van der Waals surface area (Å²) in [4.78, 5) is 36.4. The molecule has 8 nitrogen and oxygen atoms in total. The quantitative estimate of drug-likeness (QED) is 0.196. The van der Waals surface area contributed by atoms with E-state index in [4.69, 9.17) is 4.42 Å². The largest absolute Gasteiger partial charge is 0.444 e. The van der Waals surface area contributed by atoms with Crippen molar-refractivity contribution in [3.05, 3.63) is 137 Å². The van der Waals surface area contributed by atoms with E-state index < -0.39 is 6.04 Å². The SMILES string of the molecule is Cc1nn(C)c(C)c1/C=C/C(=O)N(Cc1ccc(-c2cnco2)cc1)[C@@H](Cc1ccccc1)C(=O)N1CCc2ccccc2C1. The highest BCUT2D eigenvalue weighted by atomic mass is 16.3. The number of hydrogen-bond acceptors (Lipinski definition) is 5. The van der Waals surface area contributed by atoms with Gasteiger partial charge < -0.3 is 14.2 Å². The van der Waals surface area contributed by atoms with Crippen molar-refractivity contribution in [3.63, 3.8) is 0 Å². The molecule has 2 amide bonds. The van der Waals surface area contributed by atoms with Gasteiger partial charge in [-0.2, -0.15) is 5.10 Å². The molecule has 8 heteroatoms. The zero-order valence-corrected chi connectivity index (χ0v) is 25.9. The van der Waals surface area contributed by atoms with Gasteiger partial charge in [0, 0.05) is 56.0 Å². The maximum absolute atomic E-state index is 14.5. The van der Waals surface area contributed by atoms with Gasteiger partial charge in [-0.25, -0.2) is 4.98 Å². The molecule has 228 valence electrons. The number of oxazole rings is 1. The lowest BCUT2D eigenvalue weighted by atomic mass is 9.97. The van der Waals surface area contributed by atoms with Gasteiger partial charge in [0.2, 0.25) is 11.8 Å². The number of aromatic nitrogens is 3. The zero-order chi connectivity index (χ0) is 31.3. The normalized spacial score (nSPS) is 13.5. The Morgan fingerprint density at radius 2 is 1.69 bits per heavy atom. The minimum atomic E-state index is -0.708. The van der Waals surface area contributed by atoms with Crippen LogP contribution >= 0.6 is 0 Å². The van der Waals surface area contributed by atoms with E-state index in [1.807, 2.05) is 103 Å². The lowest BCUT2D eigenvalue weighted by Crippen LogP contribution is -2.52. The summed E-state index contributed by atoms with van der Waals surface area (Å²) in [6.45, 7) is 5.31. The van der Waals surface area contributed by atoms with Crippen molar-refractivity contribution in [2.45, 2.75) is 45.8 Å². The molecule has 0 fully saturated rings. The van der Waals surface area contributed by atoms with Gasteiger partial charge in [0.15, 0.2) is 12.2 Å². The summed E-state index contributed by atoms with van der Waals surface area (Å²) in [5, 5.41) is 4.50. The average Bonchev–Trinajstić information content (AvgIpc) is 3.69. The molecular weight excluding hydrogens is 562 g/mol. The van der Waals surface area contributed by atoms with Gasteiger partial charge in [-0.15, -0.1) is 0 Å². The van der Waals surface area contributed by atoms with Gasteiger partial charge in [-0.1, -0.05) is 78.9 Å². The highest BCUT2D eigenvalue weighted by molar-refractivity contribution is 5.96. The molecule has 5 aromatic rings. The Morgan fingerprint density at radius 3 is 2.38 bits per heavy atom. The van der Waals surface area contributed by atoms with Gasteiger partial charge in [-0.05, 0) is 48.6 Å². The lowest BCUT2D eigenvalue weighted by molar-refractivity contribution is -0.144. The predicted octanol–water partition coefficient (Wildman–Crippen LogP) is 5.93. The standard InChI is InChI=1S/C37H37N5O3/c1-26-33(27(2)40(3)39-26)17-18-36(43)42(23-29-13-15-31(16-14-29)35-22-38-25-45-35)34(21-28-9-5-4-6-10-28)37(44)41-20-19-30-11-7-8-12-32(30)24-41/h4-18,22,25,34H,19-21,23-24H2,1-3H3/b18-17+/t34-/m0/s1. The third-order valence-electron chi connectivity index (χ3n) is 8.64. The van der Waals surface area contributed by atoms with Crippen molar-refractivity contribution in [1.82, 2.24) is 24.6 Å². The highest BCUT2D eigenvalue weighted by Crippen LogP contribution is 2.25. The van der Waals surface area contributed by atoms with E-state index in [1.165, 1.54) is 12.0 Å². The van der Waals surface area contributed by atoms with Gasteiger partial charge in [0.05, 0.1) is 11.9 Å². The number of aryl methyl sites for hydroxylation is 2. The minimum Gasteiger partial charge on any atom is -0.444 e. The first kappa shape index (κ1) is 29.8. The molecule has 0 spiro atoms. The summed E-state index contributed by atoms with van der Waals surface area (Å²) < 4.78 is 7.27. The monoisotopic (exact) mass is 599 g/mol. The minimum absolute atomic E-state index is 0.0536. The topological polar surface area (TPSA) is 84.5 Å². The van der Waals surface area contributed by atoms with Crippen LogP contribution < -0.4 is 0 Å². The Hall–Kier alpha value is -5.24. The van der Waals surface area contributed by atoms with Crippen LogP contribution in [0.1, 0.15) is 39.2 Å². The lowest BCUT2D eigenvalue weighted by Gasteiger charge is -2.37. The molecule has 1 aliphatic rings. The van der Waals surface area contributed by atoms with Crippen molar-refractivity contribution in [2.24, 2.45) is 7.05 Å². The van der Waals surface area contributed by atoms with Crippen LogP contribution in [0.3, 0.4) is 0 Å². The Balaban J connectivity index is 1.36. The van der Waals surface area contributed by atoms with Crippen LogP contribution in [0.15, 0.2) is 102 Å².